The second-order valence-electron chi connectivity index (χ2n) is 3.59. The van der Waals surface area contributed by atoms with E-state index in [4.69, 9.17) is 0 Å². The summed E-state index contributed by atoms with van der Waals surface area (Å²) in [6, 6.07) is -1.18. The van der Waals surface area contributed by atoms with Crippen LogP contribution in [-0.4, -0.2) is 48.0 Å². The van der Waals surface area contributed by atoms with Crippen LogP contribution in [0.4, 0.5) is 0 Å². The topological polar surface area (TPSA) is 125 Å². The van der Waals surface area contributed by atoms with Crippen molar-refractivity contribution < 1.29 is 29.0 Å². The van der Waals surface area contributed by atoms with Crippen molar-refractivity contribution in [1.29, 1.82) is 0 Å². The second-order valence-corrected chi connectivity index (χ2v) is 6.14. The van der Waals surface area contributed by atoms with Gasteiger partial charge in [-0.1, -0.05) is 34.7 Å². The molecule has 2 amide bonds. The molecular formula is C12H15N2O6S2-. The molecule has 0 aromatic rings. The zero-order valence-corrected chi connectivity index (χ0v) is 13.1. The number of hydrogen-bond acceptors (Lipinski definition) is 8. The number of carbonyl (C=O) groups is 4. The summed E-state index contributed by atoms with van der Waals surface area (Å²) in [4.78, 5) is 43.3. The van der Waals surface area contributed by atoms with E-state index in [1.807, 2.05) is 0 Å². The van der Waals surface area contributed by atoms with Gasteiger partial charge in [-0.2, -0.15) is 0 Å². The number of hydrogen-bond donors (Lipinski definition) is 2. The highest BCUT2D eigenvalue weighted by molar-refractivity contribution is 8.76. The summed E-state index contributed by atoms with van der Waals surface area (Å²) < 4.78 is 4.64. The van der Waals surface area contributed by atoms with Crippen LogP contribution in [0.1, 0.15) is 0 Å². The van der Waals surface area contributed by atoms with Gasteiger partial charge in [0.15, 0.2) is 6.23 Å². The van der Waals surface area contributed by atoms with Gasteiger partial charge in [-0.05, 0) is 12.2 Å². The van der Waals surface area contributed by atoms with Gasteiger partial charge in [0.1, 0.15) is 0 Å². The summed E-state index contributed by atoms with van der Waals surface area (Å²) in [7, 11) is 2.25. The van der Waals surface area contributed by atoms with Gasteiger partial charge in [0.25, 0.3) is 6.47 Å². The predicted octanol–water partition coefficient (Wildman–Crippen LogP) is -1.41. The van der Waals surface area contributed by atoms with Crippen LogP contribution in [0.2, 0.25) is 0 Å². The highest BCUT2D eigenvalue weighted by Crippen LogP contribution is 2.23. The van der Waals surface area contributed by atoms with Crippen LogP contribution in [0.15, 0.2) is 25.3 Å². The number of rotatable bonds is 12. The van der Waals surface area contributed by atoms with Crippen molar-refractivity contribution in [3.8, 4) is 0 Å². The Hall–Kier alpha value is -1.94. The lowest BCUT2D eigenvalue weighted by molar-refractivity contribution is -0.307. The van der Waals surface area contributed by atoms with Gasteiger partial charge >= 0.3 is 0 Å². The SMILES string of the molecule is C=CC(=O)NC(CSSCC(NC(=O)C=C)C(=O)[O-])OC=O. The molecule has 0 aliphatic carbocycles. The van der Waals surface area contributed by atoms with Gasteiger partial charge in [-0.3, -0.25) is 14.4 Å². The molecule has 0 aromatic heterocycles. The summed E-state index contributed by atoms with van der Waals surface area (Å²) in [6.45, 7) is 6.66. The minimum Gasteiger partial charge on any atom is -0.548 e. The van der Waals surface area contributed by atoms with Crippen LogP contribution in [0.5, 0.6) is 0 Å². The molecule has 2 atom stereocenters. The van der Waals surface area contributed by atoms with Crippen molar-refractivity contribution in [2.75, 3.05) is 11.5 Å². The average molecular weight is 347 g/mol. The Morgan fingerprint density at radius 2 is 1.64 bits per heavy atom. The van der Waals surface area contributed by atoms with Gasteiger partial charge < -0.3 is 25.3 Å². The molecule has 8 nitrogen and oxygen atoms in total. The molecule has 0 radical (unpaired) electrons. The Bertz CT molecular complexity index is 443. The fourth-order valence-electron chi connectivity index (χ4n) is 1.02. The second kappa shape index (κ2) is 11.7. The molecule has 0 saturated carbocycles. The molecule has 0 aliphatic heterocycles. The Labute approximate surface area is 135 Å². The fourth-order valence-corrected chi connectivity index (χ4v) is 3.21. The number of carbonyl (C=O) groups excluding carboxylic acids is 4. The van der Waals surface area contributed by atoms with Gasteiger partial charge in [0, 0.05) is 5.75 Å². The lowest BCUT2D eigenvalue weighted by atomic mass is 10.3. The molecule has 10 heteroatoms. The van der Waals surface area contributed by atoms with E-state index in [9.17, 15) is 24.3 Å². The molecule has 2 N–H and O–H groups in total. The van der Waals surface area contributed by atoms with E-state index in [1.165, 1.54) is 0 Å². The quantitative estimate of drug-likeness (QED) is 0.145. The molecular weight excluding hydrogens is 332 g/mol. The number of carboxylic acid groups (broad SMARTS) is 1. The van der Waals surface area contributed by atoms with Crippen molar-refractivity contribution >= 4 is 45.8 Å². The number of aliphatic carboxylic acids is 1. The molecule has 0 fully saturated rings. The number of ether oxygens (including phenoxy) is 1. The lowest BCUT2D eigenvalue weighted by Crippen LogP contribution is -2.48. The maximum absolute atomic E-state index is 11.1. The molecule has 0 bridgehead atoms. The Morgan fingerprint density at radius 3 is 2.14 bits per heavy atom. The molecule has 0 rings (SSSR count). The van der Waals surface area contributed by atoms with Gasteiger partial charge in [-0.25, -0.2) is 0 Å². The molecule has 0 aliphatic rings. The molecule has 122 valence electrons. The smallest absolute Gasteiger partial charge is 0.295 e. The van der Waals surface area contributed by atoms with E-state index in [0.717, 1.165) is 33.7 Å². The van der Waals surface area contributed by atoms with E-state index in [0.29, 0.717) is 0 Å². The molecule has 22 heavy (non-hydrogen) atoms. The predicted molar refractivity (Wildman–Crippen MR) is 81.3 cm³/mol. The fraction of sp³-hybridized carbons (Fsp3) is 0.333. The number of amides is 2. The first-order chi connectivity index (χ1) is 10.4. The third-order valence-corrected chi connectivity index (χ3v) is 4.42. The molecule has 0 heterocycles. The van der Waals surface area contributed by atoms with Crippen molar-refractivity contribution in [1.82, 2.24) is 10.6 Å². The summed E-state index contributed by atoms with van der Waals surface area (Å²) in [5.41, 5.74) is 0. The van der Waals surface area contributed by atoms with Crippen LogP contribution in [0.25, 0.3) is 0 Å². The average Bonchev–Trinajstić information content (AvgIpc) is 2.49. The number of carboxylic acids is 1. The first-order valence-electron chi connectivity index (χ1n) is 5.84. The van der Waals surface area contributed by atoms with Gasteiger partial charge in [-0.15, -0.1) is 0 Å². The zero-order valence-electron chi connectivity index (χ0n) is 11.5. The largest absolute Gasteiger partial charge is 0.548 e. The van der Waals surface area contributed by atoms with Crippen molar-refractivity contribution in [3.63, 3.8) is 0 Å². The molecule has 0 spiro atoms. The number of nitrogens with one attached hydrogen (secondary N) is 2. The summed E-state index contributed by atoms with van der Waals surface area (Å²) in [6.07, 6.45) is 1.10. The zero-order chi connectivity index (χ0) is 17.0. The monoisotopic (exact) mass is 347 g/mol. The first-order valence-corrected chi connectivity index (χ1v) is 8.33. The van der Waals surface area contributed by atoms with E-state index >= 15 is 0 Å². The summed E-state index contributed by atoms with van der Waals surface area (Å²) in [5.74, 6) is -2.36. The minimum absolute atomic E-state index is 0.0236. The maximum atomic E-state index is 11.1. The van der Waals surface area contributed by atoms with E-state index in [2.05, 4.69) is 28.5 Å². The summed E-state index contributed by atoms with van der Waals surface area (Å²) >= 11 is 0. The first kappa shape index (κ1) is 20.1. The van der Waals surface area contributed by atoms with Crippen LogP contribution in [0, 0.1) is 0 Å². The summed E-state index contributed by atoms with van der Waals surface area (Å²) in [5, 5.41) is 15.4. The van der Waals surface area contributed by atoms with Crippen molar-refractivity contribution in [2.45, 2.75) is 12.3 Å². The Kier molecular flexibility index (Phi) is 10.7. The lowest BCUT2D eigenvalue weighted by Gasteiger charge is -2.19. The van der Waals surface area contributed by atoms with Crippen LogP contribution in [0.3, 0.4) is 0 Å². The van der Waals surface area contributed by atoms with Crippen molar-refractivity contribution in [2.24, 2.45) is 0 Å². The third-order valence-electron chi connectivity index (χ3n) is 2.03. The van der Waals surface area contributed by atoms with E-state index < -0.39 is 30.1 Å². The van der Waals surface area contributed by atoms with E-state index in [-0.39, 0.29) is 18.0 Å². The molecule has 0 saturated heterocycles. The van der Waals surface area contributed by atoms with Crippen LogP contribution < -0.4 is 15.7 Å². The van der Waals surface area contributed by atoms with Gasteiger partial charge in [0.2, 0.25) is 11.8 Å². The normalized spacial score (nSPS) is 12.4. The van der Waals surface area contributed by atoms with Crippen molar-refractivity contribution in [3.05, 3.63) is 25.3 Å². The van der Waals surface area contributed by atoms with Crippen LogP contribution >= 0.6 is 21.6 Å². The Morgan fingerprint density at radius 1 is 1.09 bits per heavy atom. The minimum atomic E-state index is -1.43. The highest BCUT2D eigenvalue weighted by Gasteiger charge is 2.15. The van der Waals surface area contributed by atoms with Crippen LogP contribution in [-0.2, 0) is 23.9 Å². The highest BCUT2D eigenvalue weighted by atomic mass is 33.1. The third kappa shape index (κ3) is 9.08. The van der Waals surface area contributed by atoms with E-state index in [1.54, 1.807) is 0 Å². The van der Waals surface area contributed by atoms with Gasteiger partial charge in [0.05, 0.1) is 17.8 Å². The molecule has 0 aromatic carbocycles. The maximum Gasteiger partial charge on any atom is 0.295 e. The Balaban J connectivity index is 4.22. The standard InChI is InChI=1S/C12H16N2O6S2/c1-3-9(16)13-8(12(18)19)5-21-22-6-11(20-7-15)14-10(17)4-2/h3-4,7-8,11H,1-2,5-6H2,(H,13,16)(H,14,17)(H,18,19)/p-1. The molecule has 2 unspecified atom stereocenters.